The molecule has 1 aromatic carbocycles. The second kappa shape index (κ2) is 8.07. The van der Waals surface area contributed by atoms with Gasteiger partial charge < -0.3 is 25.0 Å². The molecule has 10 nitrogen and oxygen atoms in total. The number of rotatable bonds is 4. The number of carbonyl (C=O) groups is 1. The number of likely N-dealkylation sites (tertiary alicyclic amines) is 2. The van der Waals surface area contributed by atoms with Crippen molar-refractivity contribution in [1.29, 1.82) is 0 Å². The van der Waals surface area contributed by atoms with Crippen LogP contribution >= 0.6 is 0 Å². The van der Waals surface area contributed by atoms with Gasteiger partial charge in [0.1, 0.15) is 0 Å². The first-order valence-corrected chi connectivity index (χ1v) is 9.72. The summed E-state index contributed by atoms with van der Waals surface area (Å²) in [6.45, 7) is 3.51. The Morgan fingerprint density at radius 3 is 2.79 bits per heavy atom. The normalized spacial score (nSPS) is 23.5. The summed E-state index contributed by atoms with van der Waals surface area (Å²) in [5.74, 6) is 0.820. The van der Waals surface area contributed by atoms with Crippen LogP contribution in [0.5, 0.6) is 0 Å². The molecular weight excluding hydrogens is 378 g/mol. The zero-order valence-corrected chi connectivity index (χ0v) is 16.1. The molecule has 0 spiro atoms. The van der Waals surface area contributed by atoms with E-state index in [1.807, 2.05) is 4.90 Å². The van der Waals surface area contributed by atoms with E-state index in [1.165, 1.54) is 12.1 Å². The maximum absolute atomic E-state index is 11.6. The maximum Gasteiger partial charge on any atom is 0.244 e. The lowest BCUT2D eigenvalue weighted by Crippen LogP contribution is -2.46. The van der Waals surface area contributed by atoms with Gasteiger partial charge in [-0.05, 0) is 31.4 Å². The number of nitrogens with zero attached hydrogens (tertiary/aromatic N) is 5. The van der Waals surface area contributed by atoms with Crippen molar-refractivity contribution in [3.63, 3.8) is 0 Å². The van der Waals surface area contributed by atoms with Gasteiger partial charge in [-0.2, -0.15) is 4.98 Å². The summed E-state index contributed by atoms with van der Waals surface area (Å²) >= 11 is 0. The molecule has 1 aromatic heterocycles. The molecule has 0 radical (unpaired) electrons. The van der Waals surface area contributed by atoms with Gasteiger partial charge >= 0.3 is 0 Å². The molecule has 3 heterocycles. The monoisotopic (exact) mass is 402 g/mol. The third-order valence-electron chi connectivity index (χ3n) is 5.75. The van der Waals surface area contributed by atoms with Gasteiger partial charge in [0.15, 0.2) is 0 Å². The van der Waals surface area contributed by atoms with Crippen molar-refractivity contribution in [2.75, 3.05) is 24.9 Å². The molecule has 2 aromatic rings. The topological polar surface area (TPSA) is 129 Å². The zero-order valence-electron chi connectivity index (χ0n) is 16.1. The summed E-state index contributed by atoms with van der Waals surface area (Å²) in [4.78, 5) is 20.1. The maximum atomic E-state index is 11.6. The van der Waals surface area contributed by atoms with Crippen LogP contribution in [0, 0.1) is 5.21 Å². The van der Waals surface area contributed by atoms with Crippen LogP contribution in [-0.4, -0.2) is 67.9 Å². The highest BCUT2D eigenvalue weighted by molar-refractivity contribution is 5.73. The zero-order chi connectivity index (χ0) is 20.5. The minimum atomic E-state index is -0.479. The fraction of sp³-hybridized carbons (Fsp3) is 0.526. The van der Waals surface area contributed by atoms with Crippen LogP contribution < -0.4 is 5.23 Å². The van der Waals surface area contributed by atoms with Crippen molar-refractivity contribution in [1.82, 2.24) is 19.9 Å². The van der Waals surface area contributed by atoms with E-state index in [4.69, 9.17) is 9.73 Å². The summed E-state index contributed by atoms with van der Waals surface area (Å²) in [6.07, 6.45) is 1.69. The minimum Gasteiger partial charge on any atom is -0.733 e. The van der Waals surface area contributed by atoms with Crippen LogP contribution in [0.15, 0.2) is 28.8 Å². The summed E-state index contributed by atoms with van der Waals surface area (Å²) in [5.41, 5.74) is 0.622. The molecule has 4 rings (SSSR count). The number of hydrogen-bond donors (Lipinski definition) is 2. The SMILES string of the molecule is CC(=O)N1CCC(N2C[C@H](O)C[C@H]2c2nc(-c3cccc(N([O-])O)c3)no2)CC1. The molecular formula is C19H24N5O5-. The van der Waals surface area contributed by atoms with E-state index in [2.05, 4.69) is 15.0 Å². The molecule has 2 aliphatic rings. The smallest absolute Gasteiger partial charge is 0.244 e. The van der Waals surface area contributed by atoms with Crippen molar-refractivity contribution in [2.24, 2.45) is 0 Å². The molecule has 156 valence electrons. The predicted octanol–water partition coefficient (Wildman–Crippen LogP) is 1.55. The standard InChI is InChI=1S/C19H24N5O5/c1-12(25)22-7-5-14(6-8-22)23-11-16(26)10-17(23)19-20-18(21-29-19)13-3-2-4-15(9-13)24(27)28/h2-4,9,14,16-17,26-27H,5-8,10-11H2,1H3/q-1/t16-,17+/m1/s1. The van der Waals surface area contributed by atoms with Crippen molar-refractivity contribution >= 4 is 11.6 Å². The number of β-amino-alcohol motifs (C(OH)–C–C–N with tert-alkyl or cyclic N) is 1. The number of amides is 1. The number of hydrogen-bond acceptors (Lipinski definition) is 9. The predicted molar refractivity (Wildman–Crippen MR) is 103 cm³/mol. The first-order valence-electron chi connectivity index (χ1n) is 9.72. The largest absolute Gasteiger partial charge is 0.733 e. The highest BCUT2D eigenvalue weighted by Gasteiger charge is 2.40. The molecule has 2 aliphatic heterocycles. The fourth-order valence-corrected chi connectivity index (χ4v) is 4.25. The van der Waals surface area contributed by atoms with Gasteiger partial charge in [0.25, 0.3) is 0 Å². The van der Waals surface area contributed by atoms with Gasteiger partial charge in [-0.3, -0.25) is 14.9 Å². The van der Waals surface area contributed by atoms with Gasteiger partial charge in [-0.25, -0.2) is 0 Å². The highest BCUT2D eigenvalue weighted by atomic mass is 16.8. The van der Waals surface area contributed by atoms with Crippen LogP contribution in [0.25, 0.3) is 11.4 Å². The Bertz CT molecular complexity index is 864. The van der Waals surface area contributed by atoms with Gasteiger partial charge in [0, 0.05) is 38.2 Å². The highest BCUT2D eigenvalue weighted by Crippen LogP contribution is 2.36. The number of aromatic nitrogens is 2. The lowest BCUT2D eigenvalue weighted by atomic mass is 10.0. The third kappa shape index (κ3) is 4.10. The molecule has 29 heavy (non-hydrogen) atoms. The molecule has 0 aliphatic carbocycles. The Morgan fingerprint density at radius 2 is 2.10 bits per heavy atom. The lowest BCUT2D eigenvalue weighted by molar-refractivity contribution is -0.130. The third-order valence-corrected chi connectivity index (χ3v) is 5.75. The Morgan fingerprint density at radius 1 is 1.34 bits per heavy atom. The number of anilines is 1. The quantitative estimate of drug-likeness (QED) is 0.732. The van der Waals surface area contributed by atoms with Crippen LogP contribution in [0.2, 0.25) is 0 Å². The van der Waals surface area contributed by atoms with E-state index in [9.17, 15) is 15.1 Å². The van der Waals surface area contributed by atoms with Crippen molar-refractivity contribution in [3.05, 3.63) is 35.4 Å². The van der Waals surface area contributed by atoms with Gasteiger partial charge in [-0.15, -0.1) is 0 Å². The Labute approximate surface area is 167 Å². The number of aliphatic hydroxyl groups is 1. The summed E-state index contributed by atoms with van der Waals surface area (Å²) in [7, 11) is 0. The van der Waals surface area contributed by atoms with E-state index >= 15 is 0 Å². The number of aliphatic hydroxyl groups excluding tert-OH is 1. The van der Waals surface area contributed by atoms with Crippen LogP contribution in [0.1, 0.15) is 38.1 Å². The molecule has 10 heteroatoms. The number of carbonyl (C=O) groups excluding carboxylic acids is 1. The van der Waals surface area contributed by atoms with Crippen molar-refractivity contribution in [3.8, 4) is 11.4 Å². The van der Waals surface area contributed by atoms with Crippen LogP contribution in [0.4, 0.5) is 5.69 Å². The molecule has 0 bridgehead atoms. The second-order valence-electron chi connectivity index (χ2n) is 7.62. The second-order valence-corrected chi connectivity index (χ2v) is 7.62. The van der Waals surface area contributed by atoms with E-state index in [-0.39, 0.29) is 28.9 Å². The van der Waals surface area contributed by atoms with Gasteiger partial charge in [-0.1, -0.05) is 17.3 Å². The van der Waals surface area contributed by atoms with Gasteiger partial charge in [0.2, 0.25) is 17.6 Å². The molecule has 0 saturated carbocycles. The Balaban J connectivity index is 1.52. The fourth-order valence-electron chi connectivity index (χ4n) is 4.25. The first-order chi connectivity index (χ1) is 13.9. The van der Waals surface area contributed by atoms with Crippen molar-refractivity contribution in [2.45, 2.75) is 44.4 Å². The van der Waals surface area contributed by atoms with Crippen LogP contribution in [0.3, 0.4) is 0 Å². The number of piperidine rings is 1. The van der Waals surface area contributed by atoms with Crippen molar-refractivity contribution < 1.29 is 19.6 Å². The molecule has 2 saturated heterocycles. The molecule has 2 fully saturated rings. The Hall–Kier alpha value is -2.53. The molecule has 2 atom stereocenters. The first kappa shape index (κ1) is 19.8. The molecule has 2 N–H and O–H groups in total. The average molecular weight is 402 g/mol. The van der Waals surface area contributed by atoms with E-state index < -0.39 is 6.10 Å². The molecule has 1 amide bonds. The molecule has 0 unspecified atom stereocenters. The van der Waals surface area contributed by atoms with Gasteiger partial charge in [0.05, 0.1) is 17.8 Å². The van der Waals surface area contributed by atoms with E-state index in [0.717, 1.165) is 12.8 Å². The van der Waals surface area contributed by atoms with E-state index in [1.54, 1.807) is 19.1 Å². The Kier molecular flexibility index (Phi) is 5.50. The van der Waals surface area contributed by atoms with E-state index in [0.29, 0.717) is 43.3 Å². The summed E-state index contributed by atoms with van der Waals surface area (Å²) < 4.78 is 5.50. The summed E-state index contributed by atoms with van der Waals surface area (Å²) in [6, 6.07) is 6.32. The average Bonchev–Trinajstić information content (AvgIpc) is 3.35. The summed E-state index contributed by atoms with van der Waals surface area (Å²) in [5, 5.41) is 34.3. The minimum absolute atomic E-state index is 0.0731. The van der Waals surface area contributed by atoms with Crippen LogP contribution in [-0.2, 0) is 4.79 Å². The number of benzene rings is 1. The lowest BCUT2D eigenvalue weighted by Gasteiger charge is -2.38.